The standard InChI is InChI=1S/C19H25N3O2S2/c1-10(15-9-12-4-5-13(15)8-12)20-16(23)11(2)26-19-21-17-14(6-7-25-17)18(24)22(19)3/h6-7,10-13,15H,4-5,8-9H2,1-3H3,(H,20,23). The lowest BCUT2D eigenvalue weighted by atomic mass is 9.84. The average Bonchev–Trinajstić information content (AvgIpc) is 3.35. The highest BCUT2D eigenvalue weighted by Gasteiger charge is 2.42. The smallest absolute Gasteiger partial charge is 0.262 e. The summed E-state index contributed by atoms with van der Waals surface area (Å²) < 4.78 is 1.54. The first-order valence-electron chi connectivity index (χ1n) is 9.35. The molecule has 2 aliphatic rings. The zero-order valence-electron chi connectivity index (χ0n) is 15.4. The number of hydrogen-bond donors (Lipinski definition) is 1. The van der Waals surface area contributed by atoms with Crippen LogP contribution < -0.4 is 10.9 Å². The highest BCUT2D eigenvalue weighted by atomic mass is 32.2. The number of carbonyl (C=O) groups is 1. The molecule has 1 N–H and O–H groups in total. The van der Waals surface area contributed by atoms with Crippen LogP contribution in [0.15, 0.2) is 21.4 Å². The van der Waals surface area contributed by atoms with E-state index in [-0.39, 0.29) is 22.8 Å². The Morgan fingerprint density at radius 2 is 2.19 bits per heavy atom. The summed E-state index contributed by atoms with van der Waals surface area (Å²) in [4.78, 5) is 30.4. The van der Waals surface area contributed by atoms with Crippen LogP contribution in [0.5, 0.6) is 0 Å². The van der Waals surface area contributed by atoms with Crippen molar-refractivity contribution in [3.63, 3.8) is 0 Å². The molecule has 5 nitrogen and oxygen atoms in total. The molecule has 2 aromatic rings. The zero-order chi connectivity index (χ0) is 18.4. The lowest BCUT2D eigenvalue weighted by Gasteiger charge is -2.29. The molecule has 5 atom stereocenters. The van der Waals surface area contributed by atoms with Gasteiger partial charge in [-0.25, -0.2) is 4.98 Å². The SMILES string of the molecule is CC(Sc1nc2sccc2c(=O)n1C)C(=O)NC(C)C1CC2CCC1C2. The monoisotopic (exact) mass is 391 g/mol. The van der Waals surface area contributed by atoms with Gasteiger partial charge < -0.3 is 5.32 Å². The van der Waals surface area contributed by atoms with Crippen LogP contribution in [0.1, 0.15) is 39.5 Å². The Balaban J connectivity index is 1.43. The molecule has 2 saturated carbocycles. The first-order valence-corrected chi connectivity index (χ1v) is 11.1. The number of carbonyl (C=O) groups excluding carboxylic acids is 1. The Labute approximate surface area is 161 Å². The molecule has 5 unspecified atom stereocenters. The number of thioether (sulfide) groups is 1. The zero-order valence-corrected chi connectivity index (χ0v) is 17.0. The molecule has 4 rings (SSSR count). The van der Waals surface area contributed by atoms with Crippen molar-refractivity contribution in [2.75, 3.05) is 0 Å². The van der Waals surface area contributed by atoms with Gasteiger partial charge in [0.05, 0.1) is 10.6 Å². The van der Waals surface area contributed by atoms with Crippen molar-refractivity contribution in [3.05, 3.63) is 21.8 Å². The Bertz CT molecular complexity index is 891. The molecule has 0 saturated heterocycles. The van der Waals surface area contributed by atoms with Crippen LogP contribution in [0.25, 0.3) is 10.2 Å². The van der Waals surface area contributed by atoms with E-state index in [1.807, 2.05) is 12.3 Å². The van der Waals surface area contributed by atoms with E-state index in [0.29, 0.717) is 16.5 Å². The number of thiophene rings is 1. The second-order valence-electron chi connectivity index (χ2n) is 7.79. The maximum absolute atomic E-state index is 12.7. The van der Waals surface area contributed by atoms with Crippen LogP contribution in [-0.4, -0.2) is 26.8 Å². The molecule has 7 heteroatoms. The summed E-state index contributed by atoms with van der Waals surface area (Å²) in [5.41, 5.74) is -0.0540. The Morgan fingerprint density at radius 3 is 2.88 bits per heavy atom. The molecule has 0 aliphatic heterocycles. The van der Waals surface area contributed by atoms with E-state index in [9.17, 15) is 9.59 Å². The predicted octanol–water partition coefficient (Wildman–Crippen LogP) is 3.42. The molecule has 140 valence electrons. The minimum Gasteiger partial charge on any atom is -0.352 e. The summed E-state index contributed by atoms with van der Waals surface area (Å²) in [6.07, 6.45) is 5.31. The van der Waals surface area contributed by atoms with E-state index in [4.69, 9.17) is 0 Å². The van der Waals surface area contributed by atoms with E-state index in [0.717, 1.165) is 16.7 Å². The largest absolute Gasteiger partial charge is 0.352 e. The summed E-state index contributed by atoms with van der Waals surface area (Å²) in [5, 5.41) is 6.05. The molecule has 1 amide bonds. The lowest BCUT2D eigenvalue weighted by Crippen LogP contribution is -2.43. The first kappa shape index (κ1) is 18.0. The van der Waals surface area contributed by atoms with Gasteiger partial charge in [0.15, 0.2) is 5.16 Å². The van der Waals surface area contributed by atoms with Gasteiger partial charge in [-0.3, -0.25) is 14.2 Å². The molecule has 26 heavy (non-hydrogen) atoms. The van der Waals surface area contributed by atoms with Crippen LogP contribution >= 0.6 is 23.1 Å². The number of aromatic nitrogens is 2. The average molecular weight is 392 g/mol. The minimum atomic E-state index is -0.286. The normalized spacial score (nSPS) is 27.0. The van der Waals surface area contributed by atoms with Gasteiger partial charge in [-0.15, -0.1) is 11.3 Å². The van der Waals surface area contributed by atoms with E-state index in [1.54, 1.807) is 17.7 Å². The summed E-state index contributed by atoms with van der Waals surface area (Å²) in [5.74, 6) is 2.33. The second kappa shape index (κ2) is 7.00. The number of rotatable bonds is 5. The summed E-state index contributed by atoms with van der Waals surface area (Å²) in [6.45, 7) is 4.03. The molecule has 0 aromatic carbocycles. The van der Waals surface area contributed by atoms with Crippen molar-refractivity contribution >= 4 is 39.2 Å². The van der Waals surface area contributed by atoms with Crippen molar-refractivity contribution in [2.45, 2.75) is 56.0 Å². The Morgan fingerprint density at radius 1 is 1.38 bits per heavy atom. The van der Waals surface area contributed by atoms with Crippen molar-refractivity contribution in [1.29, 1.82) is 0 Å². The third-order valence-electron chi connectivity index (χ3n) is 6.12. The highest BCUT2D eigenvalue weighted by molar-refractivity contribution is 8.00. The predicted molar refractivity (Wildman–Crippen MR) is 107 cm³/mol. The fourth-order valence-corrected chi connectivity index (χ4v) is 6.34. The number of fused-ring (bicyclic) bond motifs is 3. The van der Waals surface area contributed by atoms with Crippen LogP contribution in [0.4, 0.5) is 0 Å². The van der Waals surface area contributed by atoms with E-state index in [2.05, 4.69) is 17.2 Å². The van der Waals surface area contributed by atoms with E-state index >= 15 is 0 Å². The van der Waals surface area contributed by atoms with Crippen LogP contribution in [0.3, 0.4) is 0 Å². The molecule has 2 fully saturated rings. The second-order valence-corrected chi connectivity index (χ2v) is 10.00. The molecule has 0 spiro atoms. The van der Waals surface area contributed by atoms with Gasteiger partial charge in [-0.05, 0) is 62.3 Å². The van der Waals surface area contributed by atoms with E-state index < -0.39 is 0 Å². The summed E-state index contributed by atoms with van der Waals surface area (Å²) in [7, 11) is 1.72. The molecule has 2 heterocycles. The Kier molecular flexibility index (Phi) is 4.86. The van der Waals surface area contributed by atoms with Gasteiger partial charge in [0.25, 0.3) is 5.56 Å². The maximum Gasteiger partial charge on any atom is 0.262 e. The third kappa shape index (κ3) is 3.20. The summed E-state index contributed by atoms with van der Waals surface area (Å²) >= 11 is 2.81. The topological polar surface area (TPSA) is 64.0 Å². The maximum atomic E-state index is 12.7. The number of amides is 1. The van der Waals surface area contributed by atoms with Crippen LogP contribution in [0, 0.1) is 17.8 Å². The van der Waals surface area contributed by atoms with Gasteiger partial charge in [0.2, 0.25) is 5.91 Å². The van der Waals surface area contributed by atoms with E-state index in [1.165, 1.54) is 48.8 Å². The van der Waals surface area contributed by atoms with Gasteiger partial charge in [-0.1, -0.05) is 18.2 Å². The van der Waals surface area contributed by atoms with Gasteiger partial charge in [0, 0.05) is 13.1 Å². The highest BCUT2D eigenvalue weighted by Crippen LogP contribution is 2.49. The van der Waals surface area contributed by atoms with Gasteiger partial charge in [-0.2, -0.15) is 0 Å². The number of nitrogens with zero attached hydrogens (tertiary/aromatic N) is 2. The minimum absolute atomic E-state index is 0.0331. The van der Waals surface area contributed by atoms with Crippen LogP contribution in [-0.2, 0) is 11.8 Å². The fourth-order valence-electron chi connectivity index (χ4n) is 4.65. The van der Waals surface area contributed by atoms with Gasteiger partial charge in [0.1, 0.15) is 4.83 Å². The van der Waals surface area contributed by atoms with Crippen molar-refractivity contribution in [2.24, 2.45) is 24.8 Å². The number of hydrogen-bond acceptors (Lipinski definition) is 5. The molecular weight excluding hydrogens is 366 g/mol. The van der Waals surface area contributed by atoms with Gasteiger partial charge >= 0.3 is 0 Å². The summed E-state index contributed by atoms with van der Waals surface area (Å²) in [6, 6.07) is 2.02. The number of nitrogens with one attached hydrogen (secondary N) is 1. The van der Waals surface area contributed by atoms with Crippen molar-refractivity contribution in [3.8, 4) is 0 Å². The molecule has 2 bridgehead atoms. The molecule has 2 aromatic heterocycles. The van der Waals surface area contributed by atoms with Crippen LogP contribution in [0.2, 0.25) is 0 Å². The lowest BCUT2D eigenvalue weighted by molar-refractivity contribution is -0.121. The molecule has 2 aliphatic carbocycles. The Hall–Kier alpha value is -1.34. The fraction of sp³-hybridized carbons (Fsp3) is 0.632. The quantitative estimate of drug-likeness (QED) is 0.627. The molecule has 0 radical (unpaired) electrons. The van der Waals surface area contributed by atoms with Crippen molar-refractivity contribution < 1.29 is 4.79 Å². The molecular formula is C19H25N3O2S2. The third-order valence-corrected chi connectivity index (χ3v) is 8.07. The first-order chi connectivity index (χ1) is 12.4. The van der Waals surface area contributed by atoms with Crippen molar-refractivity contribution in [1.82, 2.24) is 14.9 Å².